The van der Waals surface area contributed by atoms with Crippen molar-refractivity contribution in [2.75, 3.05) is 20.3 Å². The SMILES string of the molecule is CO[C@]1(COS(=O)(=O)c2ccc(C)cc2)O[C@H](COS(=O)(=O)c2ccc(C)cc2)[C@@H]2O[C@@H]21. The lowest BCUT2D eigenvalue weighted by Crippen LogP contribution is -2.44. The third-order valence-electron chi connectivity index (χ3n) is 5.44. The van der Waals surface area contributed by atoms with Crippen molar-refractivity contribution in [3.05, 3.63) is 59.7 Å². The minimum absolute atomic E-state index is 0.00434. The Bertz CT molecular complexity index is 1170. The topological polar surface area (TPSA) is 118 Å². The van der Waals surface area contributed by atoms with Crippen molar-refractivity contribution in [3.8, 4) is 0 Å². The molecular weight excluding hydrogens is 460 g/mol. The maximum Gasteiger partial charge on any atom is 0.297 e. The summed E-state index contributed by atoms with van der Waals surface area (Å²) in [5.41, 5.74) is 1.83. The van der Waals surface area contributed by atoms with E-state index in [9.17, 15) is 16.8 Å². The molecule has 2 aromatic carbocycles. The van der Waals surface area contributed by atoms with Gasteiger partial charge in [0, 0.05) is 7.11 Å². The standard InChI is InChI=1S/C21H24O9S2/c1-14-4-8-16(9-5-14)31(22,23)27-12-18-19-20(29-19)21(26-3,30-18)13-28-32(24,25)17-10-6-15(2)7-11-17/h4-11,18-20H,12-13H2,1-3H3/t18-,19+,20+,21-/m1/s1. The molecule has 2 saturated heterocycles. The number of hydrogen-bond donors (Lipinski definition) is 0. The van der Waals surface area contributed by atoms with Crippen LogP contribution in [0.3, 0.4) is 0 Å². The Labute approximate surface area is 187 Å². The summed E-state index contributed by atoms with van der Waals surface area (Å²) in [6, 6.07) is 12.5. The molecule has 2 aliphatic rings. The zero-order valence-corrected chi connectivity index (χ0v) is 19.4. The van der Waals surface area contributed by atoms with Crippen molar-refractivity contribution in [3.63, 3.8) is 0 Å². The quantitative estimate of drug-likeness (QED) is 0.388. The second-order valence-electron chi connectivity index (χ2n) is 7.77. The van der Waals surface area contributed by atoms with Crippen LogP contribution in [0.25, 0.3) is 0 Å². The van der Waals surface area contributed by atoms with Crippen molar-refractivity contribution in [2.45, 2.75) is 47.7 Å². The van der Waals surface area contributed by atoms with Crippen LogP contribution in [0.5, 0.6) is 0 Å². The molecule has 0 unspecified atom stereocenters. The van der Waals surface area contributed by atoms with Crippen LogP contribution >= 0.6 is 0 Å². The zero-order valence-electron chi connectivity index (χ0n) is 17.8. The van der Waals surface area contributed by atoms with Crippen molar-refractivity contribution < 1.29 is 39.4 Å². The molecule has 9 nitrogen and oxygen atoms in total. The molecule has 174 valence electrons. The van der Waals surface area contributed by atoms with Crippen LogP contribution < -0.4 is 0 Å². The van der Waals surface area contributed by atoms with Gasteiger partial charge < -0.3 is 14.2 Å². The summed E-state index contributed by atoms with van der Waals surface area (Å²) in [5.74, 6) is -1.50. The van der Waals surface area contributed by atoms with Crippen LogP contribution in [0.15, 0.2) is 58.3 Å². The number of fused-ring (bicyclic) bond motifs is 1. The molecule has 0 radical (unpaired) electrons. The van der Waals surface area contributed by atoms with Gasteiger partial charge in [0.15, 0.2) is 0 Å². The minimum atomic E-state index is -4.05. The summed E-state index contributed by atoms with van der Waals surface area (Å²) in [6.07, 6.45) is -1.86. The first-order chi connectivity index (χ1) is 15.1. The molecule has 2 aliphatic heterocycles. The highest BCUT2D eigenvalue weighted by Crippen LogP contribution is 2.47. The van der Waals surface area contributed by atoms with E-state index in [0.717, 1.165) is 11.1 Å². The van der Waals surface area contributed by atoms with Gasteiger partial charge in [-0.25, -0.2) is 0 Å². The lowest BCUT2D eigenvalue weighted by molar-refractivity contribution is -0.261. The summed E-state index contributed by atoms with van der Waals surface area (Å²) >= 11 is 0. The lowest BCUT2D eigenvalue weighted by atomic mass is 10.1. The molecule has 0 N–H and O–H groups in total. The van der Waals surface area contributed by atoms with Crippen LogP contribution in [0, 0.1) is 13.8 Å². The van der Waals surface area contributed by atoms with Crippen molar-refractivity contribution in [2.24, 2.45) is 0 Å². The van der Waals surface area contributed by atoms with Gasteiger partial charge in [-0.2, -0.15) is 16.8 Å². The van der Waals surface area contributed by atoms with Gasteiger partial charge in [-0.3, -0.25) is 8.37 Å². The normalized spacial score (nSPS) is 27.3. The fourth-order valence-electron chi connectivity index (χ4n) is 3.48. The van der Waals surface area contributed by atoms with E-state index in [-0.39, 0.29) is 16.4 Å². The van der Waals surface area contributed by atoms with Gasteiger partial charge in [-0.15, -0.1) is 0 Å². The van der Waals surface area contributed by atoms with E-state index in [1.807, 2.05) is 13.8 Å². The summed E-state index contributed by atoms with van der Waals surface area (Å²) in [7, 11) is -6.70. The number of ether oxygens (including phenoxy) is 3. The Morgan fingerprint density at radius 3 is 1.84 bits per heavy atom. The predicted octanol–water partition coefficient (Wildman–Crippen LogP) is 1.92. The monoisotopic (exact) mass is 484 g/mol. The zero-order chi connectivity index (χ0) is 23.1. The molecule has 0 amide bonds. The van der Waals surface area contributed by atoms with Crippen LogP contribution in [-0.4, -0.2) is 61.3 Å². The molecule has 2 heterocycles. The molecule has 4 rings (SSSR count). The predicted molar refractivity (Wildman–Crippen MR) is 112 cm³/mol. The Morgan fingerprint density at radius 2 is 1.34 bits per heavy atom. The van der Waals surface area contributed by atoms with Crippen LogP contribution in [0.1, 0.15) is 11.1 Å². The van der Waals surface area contributed by atoms with Crippen LogP contribution in [0.2, 0.25) is 0 Å². The Balaban J connectivity index is 1.40. The highest BCUT2D eigenvalue weighted by atomic mass is 32.2. The minimum Gasteiger partial charge on any atom is -0.361 e. The van der Waals surface area contributed by atoms with E-state index < -0.39 is 50.9 Å². The second-order valence-corrected chi connectivity index (χ2v) is 11.0. The number of benzene rings is 2. The highest BCUT2D eigenvalue weighted by Gasteiger charge is 2.68. The van der Waals surface area contributed by atoms with E-state index in [1.54, 1.807) is 24.3 Å². The average molecular weight is 485 g/mol. The van der Waals surface area contributed by atoms with Crippen molar-refractivity contribution >= 4 is 20.2 Å². The van der Waals surface area contributed by atoms with Crippen LogP contribution in [0.4, 0.5) is 0 Å². The molecule has 2 fully saturated rings. The molecule has 0 saturated carbocycles. The first kappa shape index (κ1) is 23.3. The summed E-state index contributed by atoms with van der Waals surface area (Å²) < 4.78 is 77.1. The van der Waals surface area contributed by atoms with E-state index >= 15 is 0 Å². The van der Waals surface area contributed by atoms with Gasteiger partial charge in [0.05, 0.1) is 16.4 Å². The summed E-state index contributed by atoms with van der Waals surface area (Å²) in [5, 5.41) is 0. The van der Waals surface area contributed by atoms with E-state index in [0.29, 0.717) is 0 Å². The smallest absolute Gasteiger partial charge is 0.297 e. The average Bonchev–Trinajstić information content (AvgIpc) is 3.50. The number of epoxide rings is 1. The maximum absolute atomic E-state index is 12.5. The van der Waals surface area contributed by atoms with Crippen molar-refractivity contribution in [1.29, 1.82) is 0 Å². The third kappa shape index (κ3) is 4.60. The van der Waals surface area contributed by atoms with Crippen molar-refractivity contribution in [1.82, 2.24) is 0 Å². The molecule has 0 bridgehead atoms. The van der Waals surface area contributed by atoms with Gasteiger partial charge in [-0.1, -0.05) is 35.4 Å². The number of methoxy groups -OCH3 is 1. The number of aryl methyl sites for hydroxylation is 2. The fourth-order valence-corrected chi connectivity index (χ4v) is 5.33. The molecule has 2 aromatic rings. The van der Waals surface area contributed by atoms with Crippen LogP contribution in [-0.2, 0) is 42.8 Å². The second kappa shape index (κ2) is 8.49. The maximum atomic E-state index is 12.5. The first-order valence-corrected chi connectivity index (χ1v) is 12.7. The molecule has 0 aliphatic carbocycles. The molecule has 11 heteroatoms. The molecule has 4 atom stereocenters. The van der Waals surface area contributed by atoms with E-state index in [1.165, 1.54) is 31.4 Å². The van der Waals surface area contributed by atoms with Gasteiger partial charge in [0.1, 0.15) is 24.9 Å². The Morgan fingerprint density at radius 1 is 0.844 bits per heavy atom. The van der Waals surface area contributed by atoms with E-state index in [2.05, 4.69) is 0 Å². The van der Waals surface area contributed by atoms with Gasteiger partial charge >= 0.3 is 0 Å². The Kier molecular flexibility index (Phi) is 6.18. The largest absolute Gasteiger partial charge is 0.361 e. The molecule has 0 spiro atoms. The van der Waals surface area contributed by atoms with E-state index in [4.69, 9.17) is 22.6 Å². The third-order valence-corrected chi connectivity index (χ3v) is 8.02. The summed E-state index contributed by atoms with van der Waals surface area (Å²) in [4.78, 5) is 0.0320. The van der Waals surface area contributed by atoms with Gasteiger partial charge in [0.2, 0.25) is 5.79 Å². The molecular formula is C21H24O9S2. The number of rotatable bonds is 9. The first-order valence-electron chi connectivity index (χ1n) is 9.87. The highest BCUT2D eigenvalue weighted by molar-refractivity contribution is 7.87. The molecule has 32 heavy (non-hydrogen) atoms. The fraction of sp³-hybridized carbons (Fsp3) is 0.429. The summed E-state index contributed by atoms with van der Waals surface area (Å²) in [6.45, 7) is 2.92. The molecule has 0 aromatic heterocycles. The Hall–Kier alpha value is -1.86. The number of hydrogen-bond acceptors (Lipinski definition) is 9. The van der Waals surface area contributed by atoms with Gasteiger partial charge in [0.25, 0.3) is 20.2 Å². The lowest BCUT2D eigenvalue weighted by Gasteiger charge is -2.29. The van der Waals surface area contributed by atoms with Gasteiger partial charge in [-0.05, 0) is 38.1 Å².